The maximum absolute atomic E-state index is 5.72. The zero-order valence-electron chi connectivity index (χ0n) is 11.4. The molecule has 3 rings (SSSR count). The summed E-state index contributed by atoms with van der Waals surface area (Å²) >= 11 is 0. The van der Waals surface area contributed by atoms with Gasteiger partial charge in [-0.2, -0.15) is 0 Å². The first-order valence-corrected chi connectivity index (χ1v) is 7.10. The summed E-state index contributed by atoms with van der Waals surface area (Å²) in [5.41, 5.74) is 1.98. The summed E-state index contributed by atoms with van der Waals surface area (Å²) in [5, 5.41) is 3.31. The van der Waals surface area contributed by atoms with Crippen LogP contribution in [0.4, 0.5) is 0 Å². The van der Waals surface area contributed by atoms with Crippen molar-refractivity contribution >= 4 is 0 Å². The maximum Gasteiger partial charge on any atom is 0.138 e. The second-order valence-electron chi connectivity index (χ2n) is 5.05. The van der Waals surface area contributed by atoms with E-state index in [0.717, 1.165) is 36.3 Å². The normalized spacial score (nSPS) is 20.4. The second kappa shape index (κ2) is 6.40. The number of pyridine rings is 1. The number of rotatable bonds is 3. The molecule has 102 valence electrons. The van der Waals surface area contributed by atoms with Crippen LogP contribution in [-0.2, 0) is 0 Å². The van der Waals surface area contributed by atoms with Crippen LogP contribution in [0.1, 0.15) is 24.8 Å². The lowest BCUT2D eigenvalue weighted by atomic mass is 10.1. The number of ether oxygens (including phenoxy) is 1. The van der Waals surface area contributed by atoms with E-state index in [1.54, 1.807) is 12.4 Å². The fourth-order valence-corrected chi connectivity index (χ4v) is 2.10. The van der Waals surface area contributed by atoms with Crippen molar-refractivity contribution in [3.8, 4) is 17.6 Å². The second-order valence-corrected chi connectivity index (χ2v) is 5.05. The average Bonchev–Trinajstić information content (AvgIpc) is 2.45. The van der Waals surface area contributed by atoms with Crippen LogP contribution in [0.15, 0.2) is 42.3 Å². The molecule has 1 aliphatic heterocycles. The van der Waals surface area contributed by atoms with Crippen molar-refractivity contribution in [2.75, 3.05) is 13.2 Å². The molecule has 0 bridgehead atoms. The molecule has 1 aromatic rings. The van der Waals surface area contributed by atoms with E-state index in [2.05, 4.69) is 40.4 Å². The lowest BCUT2D eigenvalue weighted by molar-refractivity contribution is 0.217. The monoisotopic (exact) mass is 266 g/mol. The van der Waals surface area contributed by atoms with Gasteiger partial charge in [0.25, 0.3) is 0 Å². The van der Waals surface area contributed by atoms with E-state index in [1.165, 1.54) is 6.42 Å². The van der Waals surface area contributed by atoms with Crippen LogP contribution in [0.3, 0.4) is 0 Å². The molecule has 1 atom stereocenters. The minimum Gasteiger partial charge on any atom is -0.490 e. The van der Waals surface area contributed by atoms with Gasteiger partial charge in [-0.05, 0) is 31.9 Å². The van der Waals surface area contributed by atoms with E-state index in [1.807, 2.05) is 6.07 Å². The van der Waals surface area contributed by atoms with Crippen molar-refractivity contribution in [3.05, 3.63) is 47.8 Å². The van der Waals surface area contributed by atoms with Crippen LogP contribution >= 0.6 is 0 Å². The highest BCUT2D eigenvalue weighted by Gasteiger charge is 2.16. The van der Waals surface area contributed by atoms with Gasteiger partial charge in [-0.25, -0.2) is 0 Å². The lowest BCUT2D eigenvalue weighted by Gasteiger charge is -2.27. The van der Waals surface area contributed by atoms with E-state index in [4.69, 9.17) is 4.74 Å². The van der Waals surface area contributed by atoms with Gasteiger partial charge < -0.3 is 10.1 Å². The molecule has 1 unspecified atom stereocenters. The predicted molar refractivity (Wildman–Crippen MR) is 79.5 cm³/mol. The highest BCUT2D eigenvalue weighted by atomic mass is 16.5. The van der Waals surface area contributed by atoms with Crippen molar-refractivity contribution in [1.29, 1.82) is 0 Å². The Kier molecular flexibility index (Phi) is 4.15. The quantitative estimate of drug-likeness (QED) is 0.853. The van der Waals surface area contributed by atoms with Crippen LogP contribution < -0.4 is 10.1 Å². The minimum absolute atomic E-state index is 0.488. The van der Waals surface area contributed by atoms with Gasteiger partial charge in [0.15, 0.2) is 0 Å². The summed E-state index contributed by atoms with van der Waals surface area (Å²) in [6.07, 6.45) is 13.3. The van der Waals surface area contributed by atoms with E-state index >= 15 is 0 Å². The smallest absolute Gasteiger partial charge is 0.138 e. The molecule has 1 aromatic heterocycles. The largest absolute Gasteiger partial charge is 0.490 e. The predicted octanol–water partition coefficient (Wildman–Crippen LogP) is 2.45. The number of nitrogens with one attached hydrogen (secondary N) is 1. The van der Waals surface area contributed by atoms with E-state index in [0.29, 0.717) is 12.6 Å². The van der Waals surface area contributed by atoms with Gasteiger partial charge in [0.1, 0.15) is 12.4 Å². The first-order valence-electron chi connectivity index (χ1n) is 7.10. The number of hydrogen-bond donors (Lipinski definition) is 1. The Morgan fingerprint density at radius 1 is 1.30 bits per heavy atom. The third-order valence-corrected chi connectivity index (χ3v) is 3.44. The summed E-state index contributed by atoms with van der Waals surface area (Å²) in [6.45, 7) is 1.80. The molecule has 1 aliphatic carbocycles. The van der Waals surface area contributed by atoms with Gasteiger partial charge in [0, 0.05) is 23.4 Å². The zero-order valence-corrected chi connectivity index (χ0v) is 11.4. The molecule has 1 fully saturated rings. The fraction of sp³-hybridized carbons (Fsp3) is 0.353. The SMILES string of the molecule is C(#Cc1cncc(OCC2CCN2)c1)C1=CCCC=C1. The molecule has 3 nitrogen and oxygen atoms in total. The van der Waals surface area contributed by atoms with E-state index in [-0.39, 0.29) is 0 Å². The molecule has 2 aliphatic rings. The standard InChI is InChI=1S/C17H18N2O/c1-2-4-14(5-3-1)6-7-15-10-17(12-18-11-15)20-13-16-8-9-19-16/h2,4-5,10-12,16,19H,1,3,8-9,13H2. The summed E-state index contributed by atoms with van der Waals surface area (Å²) in [5.74, 6) is 7.10. The number of aromatic nitrogens is 1. The van der Waals surface area contributed by atoms with Gasteiger partial charge in [0.2, 0.25) is 0 Å². The van der Waals surface area contributed by atoms with E-state index in [9.17, 15) is 0 Å². The highest BCUT2D eigenvalue weighted by Crippen LogP contribution is 2.13. The van der Waals surface area contributed by atoms with E-state index < -0.39 is 0 Å². The molecule has 3 heteroatoms. The third kappa shape index (κ3) is 3.49. The zero-order chi connectivity index (χ0) is 13.6. The molecule has 0 radical (unpaired) electrons. The molecule has 0 aromatic carbocycles. The average molecular weight is 266 g/mol. The Hall–Kier alpha value is -2.05. The van der Waals surface area contributed by atoms with Gasteiger partial charge in [-0.15, -0.1) is 0 Å². The molecule has 0 spiro atoms. The number of nitrogens with zero attached hydrogens (tertiary/aromatic N) is 1. The van der Waals surface area contributed by atoms with Crippen molar-refractivity contribution in [3.63, 3.8) is 0 Å². The minimum atomic E-state index is 0.488. The third-order valence-electron chi connectivity index (χ3n) is 3.44. The fourth-order valence-electron chi connectivity index (χ4n) is 2.10. The van der Waals surface area contributed by atoms with Crippen LogP contribution in [0, 0.1) is 11.8 Å². The van der Waals surface area contributed by atoms with Crippen molar-refractivity contribution in [2.24, 2.45) is 0 Å². The Balaban J connectivity index is 1.63. The Morgan fingerprint density at radius 2 is 2.25 bits per heavy atom. The van der Waals surface area contributed by atoms with Crippen molar-refractivity contribution in [2.45, 2.75) is 25.3 Å². The lowest BCUT2D eigenvalue weighted by Crippen LogP contribution is -2.46. The van der Waals surface area contributed by atoms with Crippen LogP contribution in [0.25, 0.3) is 0 Å². The molecule has 2 heterocycles. The molecule has 1 saturated heterocycles. The Morgan fingerprint density at radius 3 is 3.00 bits per heavy atom. The highest BCUT2D eigenvalue weighted by molar-refractivity contribution is 5.46. The maximum atomic E-state index is 5.72. The topological polar surface area (TPSA) is 34.1 Å². The number of allylic oxidation sites excluding steroid dienone is 4. The summed E-state index contributed by atoms with van der Waals surface area (Å²) in [6, 6.07) is 2.44. The van der Waals surface area contributed by atoms with Crippen molar-refractivity contribution < 1.29 is 4.74 Å². The molecule has 0 amide bonds. The molecular weight excluding hydrogens is 248 g/mol. The first kappa shape index (κ1) is 13.0. The van der Waals surface area contributed by atoms with Crippen LogP contribution in [0.2, 0.25) is 0 Å². The van der Waals surface area contributed by atoms with Gasteiger partial charge in [-0.3, -0.25) is 4.98 Å². The van der Waals surface area contributed by atoms with Gasteiger partial charge in [0.05, 0.1) is 6.20 Å². The first-order chi connectivity index (χ1) is 9.90. The van der Waals surface area contributed by atoms with Gasteiger partial charge in [-0.1, -0.05) is 30.1 Å². The Bertz CT molecular complexity index is 588. The molecule has 0 saturated carbocycles. The summed E-state index contributed by atoms with van der Waals surface area (Å²) in [7, 11) is 0. The van der Waals surface area contributed by atoms with Crippen molar-refractivity contribution in [1.82, 2.24) is 10.3 Å². The summed E-state index contributed by atoms with van der Waals surface area (Å²) in [4.78, 5) is 4.18. The summed E-state index contributed by atoms with van der Waals surface area (Å²) < 4.78 is 5.72. The van der Waals surface area contributed by atoms with Crippen LogP contribution in [0.5, 0.6) is 5.75 Å². The molecule has 1 N–H and O–H groups in total. The van der Waals surface area contributed by atoms with Crippen LogP contribution in [-0.4, -0.2) is 24.2 Å². The Labute approximate surface area is 119 Å². The van der Waals surface area contributed by atoms with Gasteiger partial charge >= 0.3 is 0 Å². The number of hydrogen-bond acceptors (Lipinski definition) is 3. The molecule has 20 heavy (non-hydrogen) atoms. The molecular formula is C17H18N2O.